The molecule has 29 heavy (non-hydrogen) atoms. The van der Waals surface area contributed by atoms with E-state index in [0.717, 1.165) is 11.3 Å². The lowest BCUT2D eigenvalue weighted by Gasteiger charge is -2.09. The fourth-order valence-electron chi connectivity index (χ4n) is 2.76. The molecule has 144 valence electrons. The van der Waals surface area contributed by atoms with Gasteiger partial charge in [0.2, 0.25) is 5.76 Å². The number of carbonyl (C=O) groups excluding carboxylic acids is 2. The molecule has 4 rings (SSSR count). The van der Waals surface area contributed by atoms with Crippen LogP contribution in [-0.2, 0) is 9.53 Å². The van der Waals surface area contributed by atoms with Gasteiger partial charge in [-0.15, -0.1) is 0 Å². The Kier molecular flexibility index (Phi) is 5.20. The zero-order valence-electron chi connectivity index (χ0n) is 15.3. The number of ether oxygens (including phenoxy) is 1. The highest BCUT2D eigenvalue weighted by Crippen LogP contribution is 2.24. The molecule has 2 heterocycles. The Morgan fingerprint density at radius 1 is 0.966 bits per heavy atom. The van der Waals surface area contributed by atoms with Crippen LogP contribution in [0.25, 0.3) is 16.9 Å². The maximum Gasteiger partial charge on any atom is 0.374 e. The highest BCUT2D eigenvalue weighted by atomic mass is 16.5. The van der Waals surface area contributed by atoms with Gasteiger partial charge in [-0.3, -0.25) is 4.79 Å². The Hall–Kier alpha value is -4.13. The largest absolute Gasteiger partial charge is 0.457 e. The first-order valence-electron chi connectivity index (χ1n) is 8.92. The van der Waals surface area contributed by atoms with E-state index in [1.165, 1.54) is 12.3 Å². The third-order valence-electron chi connectivity index (χ3n) is 4.10. The van der Waals surface area contributed by atoms with Crippen LogP contribution in [0, 0.1) is 0 Å². The minimum absolute atomic E-state index is 0.0403. The van der Waals surface area contributed by atoms with Crippen molar-refractivity contribution >= 4 is 17.7 Å². The van der Waals surface area contributed by atoms with E-state index in [4.69, 9.17) is 9.15 Å². The Morgan fingerprint density at radius 3 is 2.38 bits per heavy atom. The second-order valence-corrected chi connectivity index (χ2v) is 6.13. The third kappa shape index (κ3) is 4.24. The summed E-state index contributed by atoms with van der Waals surface area (Å²) in [7, 11) is 0. The minimum atomic E-state index is -0.702. The van der Waals surface area contributed by atoms with Gasteiger partial charge in [0.25, 0.3) is 5.91 Å². The van der Waals surface area contributed by atoms with Crippen LogP contribution in [0.2, 0.25) is 0 Å². The summed E-state index contributed by atoms with van der Waals surface area (Å²) >= 11 is 0. The first-order valence-corrected chi connectivity index (χ1v) is 8.92. The van der Waals surface area contributed by atoms with Gasteiger partial charge in [-0.1, -0.05) is 48.5 Å². The normalized spacial score (nSPS) is 10.5. The van der Waals surface area contributed by atoms with Crippen molar-refractivity contribution in [3.05, 3.63) is 90.9 Å². The molecule has 0 radical (unpaired) electrons. The summed E-state index contributed by atoms with van der Waals surface area (Å²) in [4.78, 5) is 24.2. The van der Waals surface area contributed by atoms with Crippen LogP contribution < -0.4 is 5.32 Å². The summed E-state index contributed by atoms with van der Waals surface area (Å²) < 4.78 is 11.6. The summed E-state index contributed by atoms with van der Waals surface area (Å²) in [5.74, 6) is -0.680. The molecular weight excluding hydrogens is 370 g/mol. The predicted molar refractivity (Wildman–Crippen MR) is 107 cm³/mol. The van der Waals surface area contributed by atoms with Crippen molar-refractivity contribution in [2.24, 2.45) is 0 Å². The van der Waals surface area contributed by atoms with Crippen LogP contribution in [-0.4, -0.2) is 28.3 Å². The number of anilines is 1. The topological polar surface area (TPSA) is 86.4 Å². The number of benzene rings is 2. The number of amides is 1. The quantitative estimate of drug-likeness (QED) is 0.507. The highest BCUT2D eigenvalue weighted by Gasteiger charge is 2.16. The van der Waals surface area contributed by atoms with Crippen LogP contribution >= 0.6 is 0 Å². The molecule has 0 saturated carbocycles. The number of rotatable bonds is 6. The molecule has 0 saturated heterocycles. The van der Waals surface area contributed by atoms with Crippen molar-refractivity contribution in [2.75, 3.05) is 11.9 Å². The van der Waals surface area contributed by atoms with Gasteiger partial charge in [0.1, 0.15) is 5.82 Å². The van der Waals surface area contributed by atoms with E-state index in [0.29, 0.717) is 11.5 Å². The molecule has 0 fully saturated rings. The second kappa shape index (κ2) is 8.26. The van der Waals surface area contributed by atoms with E-state index in [9.17, 15) is 9.59 Å². The summed E-state index contributed by atoms with van der Waals surface area (Å²) in [6.07, 6.45) is 1.36. The van der Waals surface area contributed by atoms with Crippen molar-refractivity contribution in [1.82, 2.24) is 9.78 Å². The van der Waals surface area contributed by atoms with E-state index in [1.54, 1.807) is 16.8 Å². The summed E-state index contributed by atoms with van der Waals surface area (Å²) in [6, 6.07) is 23.9. The molecule has 0 aliphatic carbocycles. The van der Waals surface area contributed by atoms with Crippen molar-refractivity contribution in [1.29, 1.82) is 0 Å². The summed E-state index contributed by atoms with van der Waals surface area (Å²) in [5.41, 5.74) is 2.41. The summed E-state index contributed by atoms with van der Waals surface area (Å²) in [5, 5.41) is 7.37. The summed E-state index contributed by atoms with van der Waals surface area (Å²) in [6.45, 7) is -0.444. The molecular formula is C22H17N3O4. The minimum Gasteiger partial charge on any atom is -0.457 e. The Balaban J connectivity index is 1.54. The number of furan rings is 1. The zero-order valence-corrected chi connectivity index (χ0v) is 15.3. The van der Waals surface area contributed by atoms with Gasteiger partial charge < -0.3 is 14.5 Å². The fraction of sp³-hybridized carbons (Fsp3) is 0.0455. The standard InChI is InChI=1S/C22H17N3O4/c26-21(15-29-22(27)19-12-7-13-28-19)23-20-14-18(16-8-3-1-4-9-16)24-25(20)17-10-5-2-6-11-17/h1-14H,15H2,(H,23,26). The molecule has 7 nitrogen and oxygen atoms in total. The molecule has 4 aromatic rings. The first-order chi connectivity index (χ1) is 14.2. The molecule has 0 bridgehead atoms. The molecule has 7 heteroatoms. The number of aromatic nitrogens is 2. The van der Waals surface area contributed by atoms with Gasteiger partial charge in [-0.05, 0) is 24.3 Å². The lowest BCUT2D eigenvalue weighted by atomic mass is 10.2. The Morgan fingerprint density at radius 2 is 1.69 bits per heavy atom. The van der Waals surface area contributed by atoms with E-state index in [2.05, 4.69) is 10.4 Å². The van der Waals surface area contributed by atoms with Gasteiger partial charge in [0.15, 0.2) is 6.61 Å². The van der Waals surface area contributed by atoms with E-state index < -0.39 is 18.5 Å². The van der Waals surface area contributed by atoms with E-state index >= 15 is 0 Å². The van der Waals surface area contributed by atoms with Crippen LogP contribution in [0.1, 0.15) is 10.6 Å². The number of nitrogens with one attached hydrogen (secondary N) is 1. The van der Waals surface area contributed by atoms with Crippen molar-refractivity contribution in [2.45, 2.75) is 0 Å². The monoisotopic (exact) mass is 387 g/mol. The molecule has 0 spiro atoms. The van der Waals surface area contributed by atoms with Crippen LogP contribution in [0.15, 0.2) is 89.5 Å². The number of nitrogens with zero attached hydrogens (tertiary/aromatic N) is 2. The maximum atomic E-state index is 12.4. The van der Waals surface area contributed by atoms with E-state index in [1.807, 2.05) is 60.7 Å². The Bertz CT molecular complexity index is 1100. The number of esters is 1. The fourth-order valence-corrected chi connectivity index (χ4v) is 2.76. The van der Waals surface area contributed by atoms with E-state index in [-0.39, 0.29) is 5.76 Å². The molecule has 1 N–H and O–H groups in total. The number of hydrogen-bond acceptors (Lipinski definition) is 5. The third-order valence-corrected chi connectivity index (χ3v) is 4.10. The van der Waals surface area contributed by atoms with Gasteiger partial charge in [-0.2, -0.15) is 5.10 Å². The molecule has 2 aromatic heterocycles. The molecule has 0 atom stereocenters. The van der Waals surface area contributed by atoms with Gasteiger partial charge >= 0.3 is 5.97 Å². The predicted octanol–water partition coefficient (Wildman–Crippen LogP) is 3.93. The zero-order chi connectivity index (χ0) is 20.1. The molecule has 0 aliphatic heterocycles. The molecule has 0 aliphatic rings. The van der Waals surface area contributed by atoms with Crippen molar-refractivity contribution in [3.63, 3.8) is 0 Å². The smallest absolute Gasteiger partial charge is 0.374 e. The number of para-hydroxylation sites is 1. The average Bonchev–Trinajstić information content (AvgIpc) is 3.44. The molecule has 0 unspecified atom stereocenters. The molecule has 1 amide bonds. The first kappa shape index (κ1) is 18.2. The SMILES string of the molecule is O=C(COC(=O)c1ccco1)Nc1cc(-c2ccccc2)nn1-c1ccccc1. The number of hydrogen-bond donors (Lipinski definition) is 1. The average molecular weight is 387 g/mol. The highest BCUT2D eigenvalue weighted by molar-refractivity contribution is 5.94. The lowest BCUT2D eigenvalue weighted by Crippen LogP contribution is -2.22. The number of carbonyl (C=O) groups is 2. The van der Waals surface area contributed by atoms with Crippen molar-refractivity contribution < 1.29 is 18.7 Å². The van der Waals surface area contributed by atoms with Gasteiger partial charge in [0.05, 0.1) is 17.6 Å². The van der Waals surface area contributed by atoms with Crippen LogP contribution in [0.5, 0.6) is 0 Å². The maximum absolute atomic E-state index is 12.4. The molecule has 2 aromatic carbocycles. The lowest BCUT2D eigenvalue weighted by molar-refractivity contribution is -0.119. The van der Waals surface area contributed by atoms with Crippen LogP contribution in [0.3, 0.4) is 0 Å². The van der Waals surface area contributed by atoms with Gasteiger partial charge in [-0.25, -0.2) is 9.48 Å². The van der Waals surface area contributed by atoms with Crippen LogP contribution in [0.4, 0.5) is 5.82 Å². The second-order valence-electron chi connectivity index (χ2n) is 6.13. The van der Waals surface area contributed by atoms with Crippen molar-refractivity contribution in [3.8, 4) is 16.9 Å². The Labute approximate surface area is 166 Å². The van der Waals surface area contributed by atoms with Gasteiger partial charge in [0, 0.05) is 11.6 Å².